The molecule has 0 aromatic rings. The molecule has 4 bridgehead atoms. The van der Waals surface area contributed by atoms with Gasteiger partial charge in [-0.05, 0) is 32.0 Å². The lowest BCUT2D eigenvalue weighted by Crippen LogP contribution is -2.53. The van der Waals surface area contributed by atoms with E-state index in [0.29, 0.717) is 13.2 Å². The van der Waals surface area contributed by atoms with Crippen LogP contribution in [0.1, 0.15) is 48.5 Å². The molecule has 0 saturated carbocycles. The zero-order valence-electron chi connectivity index (χ0n) is 22.1. The molecule has 190 valence electrons. The highest BCUT2D eigenvalue weighted by Gasteiger charge is 2.64. The van der Waals surface area contributed by atoms with Crippen LogP contribution in [0.15, 0.2) is 25.3 Å². The Bertz CT molecular complexity index is 735. The molecule has 0 spiro atoms. The maximum atomic E-state index is 9.95. The number of fused-ring (bicyclic) bond motifs is 4. The van der Waals surface area contributed by atoms with Gasteiger partial charge in [0.25, 0.3) is 0 Å². The monoisotopic (exact) mass is 482 g/mol. The molecule has 4 fully saturated rings. The first-order chi connectivity index (χ1) is 15.2. The van der Waals surface area contributed by atoms with Crippen molar-refractivity contribution in [2.45, 2.75) is 114 Å². The molecule has 0 aromatic carbocycles. The molecule has 4 aliphatic rings. The Labute approximate surface area is 201 Å². The van der Waals surface area contributed by atoms with Gasteiger partial charge in [-0.15, -0.1) is 13.2 Å². The van der Waals surface area contributed by atoms with E-state index in [1.165, 1.54) is 0 Å². The van der Waals surface area contributed by atoms with E-state index in [1.807, 2.05) is 26.0 Å². The zero-order valence-corrected chi connectivity index (χ0v) is 23.1. The van der Waals surface area contributed by atoms with Crippen LogP contribution in [0.4, 0.5) is 0 Å². The number of hydrogen-bond acceptors (Lipinski definition) is 6. The lowest BCUT2D eigenvalue weighted by atomic mass is 9.86. The van der Waals surface area contributed by atoms with Crippen molar-refractivity contribution < 1.29 is 28.5 Å². The Morgan fingerprint density at radius 1 is 0.939 bits per heavy atom. The molecule has 4 heterocycles. The first-order valence-corrected chi connectivity index (χ1v) is 15.3. The summed E-state index contributed by atoms with van der Waals surface area (Å²) in [6.07, 6.45) is 3.31. The van der Waals surface area contributed by atoms with Gasteiger partial charge in [-0.2, -0.15) is 0 Å². The molecule has 4 saturated heterocycles. The van der Waals surface area contributed by atoms with Crippen molar-refractivity contribution in [3.63, 3.8) is 0 Å². The minimum atomic E-state index is -1.84. The van der Waals surface area contributed by atoms with E-state index in [2.05, 4.69) is 60.9 Å². The number of ether oxygens (including phenoxy) is 4. The topological polar surface area (TPSA) is 66.4 Å². The normalized spacial score (nSPS) is 43.7. The van der Waals surface area contributed by atoms with E-state index in [-0.39, 0.29) is 53.0 Å². The highest BCUT2D eigenvalue weighted by Crippen LogP contribution is 2.50. The van der Waals surface area contributed by atoms with Gasteiger partial charge in [-0.1, -0.05) is 46.8 Å². The summed E-state index contributed by atoms with van der Waals surface area (Å²) in [7, 11) is -1.84. The third kappa shape index (κ3) is 4.32. The molecular formula is C26H46O6Si. The lowest BCUT2D eigenvalue weighted by molar-refractivity contribution is -0.153. The van der Waals surface area contributed by atoms with Gasteiger partial charge >= 0.3 is 0 Å². The number of hydrogen-bond donors (Lipinski definition) is 1. The van der Waals surface area contributed by atoms with Gasteiger partial charge in [0.15, 0.2) is 8.32 Å². The minimum absolute atomic E-state index is 0.00819. The molecule has 0 aromatic heterocycles. The summed E-state index contributed by atoms with van der Waals surface area (Å²) in [5.74, 6) is 0.352. The second-order valence-corrected chi connectivity index (χ2v) is 16.7. The smallest absolute Gasteiger partial charge is 0.192 e. The third-order valence-electron chi connectivity index (χ3n) is 8.81. The fraction of sp³-hybridized carbons (Fsp3) is 0.846. The first-order valence-electron chi connectivity index (χ1n) is 12.4. The second kappa shape index (κ2) is 9.15. The van der Waals surface area contributed by atoms with Gasteiger partial charge in [-0.3, -0.25) is 0 Å². The molecule has 1 N–H and O–H groups in total. The van der Waals surface area contributed by atoms with Gasteiger partial charge in [0.2, 0.25) is 0 Å². The lowest BCUT2D eigenvalue weighted by Gasteiger charge is -2.42. The summed E-state index contributed by atoms with van der Waals surface area (Å²) in [6, 6.07) is 0. The largest absolute Gasteiger partial charge is 0.408 e. The maximum Gasteiger partial charge on any atom is 0.192 e. The summed E-state index contributed by atoms with van der Waals surface area (Å²) < 4.78 is 30.2. The number of aliphatic hydroxyl groups is 1. The van der Waals surface area contributed by atoms with Gasteiger partial charge in [0.1, 0.15) is 35.6 Å². The quantitative estimate of drug-likeness (QED) is 0.445. The number of aliphatic hydroxyl groups excluding tert-OH is 1. The Morgan fingerprint density at radius 3 is 1.82 bits per heavy atom. The molecule has 4 rings (SSSR count). The zero-order chi connectivity index (χ0) is 25.0. The van der Waals surface area contributed by atoms with Crippen LogP contribution < -0.4 is 0 Å². The fourth-order valence-electron chi connectivity index (χ4n) is 5.23. The second-order valence-electron chi connectivity index (χ2n) is 11.9. The molecule has 4 aliphatic heterocycles. The van der Waals surface area contributed by atoms with Crippen LogP contribution in [0.5, 0.6) is 0 Å². The molecule has 0 unspecified atom stereocenters. The molecular weight excluding hydrogens is 436 g/mol. The molecule has 0 aliphatic carbocycles. The SMILES string of the molecule is C=C[C@H](C)[C@@]12CO[C@@H]([C@H](C)O1)[C@@H]2O.C=C[C@H](C)[C@@]12CO[C@@H]([C@H](C)O1)[C@@H]2O[Si](C)(C)C(C)(C)C. The van der Waals surface area contributed by atoms with Crippen molar-refractivity contribution in [3.8, 4) is 0 Å². The van der Waals surface area contributed by atoms with E-state index in [1.54, 1.807) is 0 Å². The van der Waals surface area contributed by atoms with Crippen LogP contribution in [-0.4, -0.2) is 74.5 Å². The number of rotatable bonds is 6. The summed E-state index contributed by atoms with van der Waals surface area (Å²) >= 11 is 0. The summed E-state index contributed by atoms with van der Waals surface area (Å²) in [4.78, 5) is 0. The van der Waals surface area contributed by atoms with Crippen LogP contribution in [0.3, 0.4) is 0 Å². The van der Waals surface area contributed by atoms with E-state index in [9.17, 15) is 5.11 Å². The first kappa shape index (κ1) is 27.1. The molecule has 0 amide bonds. The van der Waals surface area contributed by atoms with E-state index in [0.717, 1.165) is 0 Å². The van der Waals surface area contributed by atoms with Crippen LogP contribution in [-0.2, 0) is 23.4 Å². The Hall–Kier alpha value is -0.543. The van der Waals surface area contributed by atoms with E-state index < -0.39 is 20.0 Å². The van der Waals surface area contributed by atoms with Crippen molar-refractivity contribution in [1.29, 1.82) is 0 Å². The predicted octanol–water partition coefficient (Wildman–Crippen LogP) is 4.48. The maximum absolute atomic E-state index is 9.95. The highest BCUT2D eigenvalue weighted by molar-refractivity contribution is 6.74. The highest BCUT2D eigenvalue weighted by atomic mass is 28.4. The molecule has 10 atom stereocenters. The van der Waals surface area contributed by atoms with Crippen molar-refractivity contribution in [3.05, 3.63) is 25.3 Å². The van der Waals surface area contributed by atoms with Crippen LogP contribution in [0.25, 0.3) is 0 Å². The van der Waals surface area contributed by atoms with Crippen LogP contribution >= 0.6 is 0 Å². The van der Waals surface area contributed by atoms with Crippen molar-refractivity contribution in [2.24, 2.45) is 11.8 Å². The average molecular weight is 483 g/mol. The van der Waals surface area contributed by atoms with Gasteiger partial charge in [0, 0.05) is 11.8 Å². The third-order valence-corrected chi connectivity index (χ3v) is 13.3. The van der Waals surface area contributed by atoms with Gasteiger partial charge in [0.05, 0.1) is 25.4 Å². The molecule has 33 heavy (non-hydrogen) atoms. The van der Waals surface area contributed by atoms with Crippen LogP contribution in [0.2, 0.25) is 18.1 Å². The van der Waals surface area contributed by atoms with Gasteiger partial charge in [-0.25, -0.2) is 0 Å². The Kier molecular flexibility index (Phi) is 7.50. The molecule has 6 nitrogen and oxygen atoms in total. The predicted molar refractivity (Wildman–Crippen MR) is 133 cm³/mol. The minimum Gasteiger partial charge on any atom is -0.408 e. The Morgan fingerprint density at radius 2 is 1.39 bits per heavy atom. The summed E-state index contributed by atoms with van der Waals surface area (Å²) in [5, 5.41) is 10.1. The average Bonchev–Trinajstić information content (AvgIpc) is 3.41. The summed E-state index contributed by atoms with van der Waals surface area (Å²) in [6.45, 7) is 28.3. The fourth-order valence-corrected chi connectivity index (χ4v) is 6.55. The van der Waals surface area contributed by atoms with Crippen molar-refractivity contribution in [2.75, 3.05) is 13.2 Å². The van der Waals surface area contributed by atoms with Crippen molar-refractivity contribution in [1.82, 2.24) is 0 Å². The summed E-state index contributed by atoms with van der Waals surface area (Å²) in [5.41, 5.74) is -0.882. The van der Waals surface area contributed by atoms with Crippen LogP contribution in [0, 0.1) is 11.8 Å². The van der Waals surface area contributed by atoms with Gasteiger partial charge < -0.3 is 28.5 Å². The van der Waals surface area contributed by atoms with E-state index in [4.69, 9.17) is 23.4 Å². The van der Waals surface area contributed by atoms with E-state index >= 15 is 0 Å². The molecule has 7 heteroatoms. The Balaban J connectivity index is 0.000000203. The van der Waals surface area contributed by atoms with Crippen molar-refractivity contribution >= 4 is 8.32 Å². The molecule has 0 radical (unpaired) electrons. The standard InChI is InChI=1S/C16H30O3Si.C10H16O3/c1-9-11(2)16-10-17-13(12(3)18-16)14(16)19-20(7,8)15(4,5)6;1-4-6(2)10-5-12-8(9(10)11)7(3)13-10/h9,11-14H,1,10H2,2-8H3;4,6-9,11H,1,5H2,2-3H3/t11-,12-,13-,14-,16+;6-,7-,8-,9-,10+/m00/s1.